The summed E-state index contributed by atoms with van der Waals surface area (Å²) in [6, 6.07) is 7.88. The Morgan fingerprint density at radius 1 is 1.25 bits per heavy atom. The minimum Gasteiger partial charge on any atom is -0.349 e. The van der Waals surface area contributed by atoms with Crippen LogP contribution in [0, 0.1) is 5.41 Å². The van der Waals surface area contributed by atoms with Crippen molar-refractivity contribution in [3.05, 3.63) is 42.5 Å². The Hall–Kier alpha value is -2.17. The fourth-order valence-corrected chi connectivity index (χ4v) is 1.75. The van der Waals surface area contributed by atoms with Crippen LogP contribution in [-0.2, 0) is 4.79 Å². The van der Waals surface area contributed by atoms with Gasteiger partial charge in [-0.3, -0.25) is 4.79 Å². The summed E-state index contributed by atoms with van der Waals surface area (Å²) < 4.78 is 1.70. The highest BCUT2D eigenvalue weighted by molar-refractivity contribution is 5.81. The summed E-state index contributed by atoms with van der Waals surface area (Å²) in [6.07, 6.45) is 3.15. The smallest absolute Gasteiger partial charge is 0.225 e. The molecule has 5 heteroatoms. The molecule has 1 aromatic heterocycles. The van der Waals surface area contributed by atoms with E-state index in [-0.39, 0.29) is 17.4 Å². The van der Waals surface area contributed by atoms with E-state index in [4.69, 9.17) is 0 Å². The first kappa shape index (κ1) is 14.2. The second kappa shape index (κ2) is 5.45. The normalized spacial score (nSPS) is 13.0. The van der Waals surface area contributed by atoms with E-state index >= 15 is 0 Å². The van der Waals surface area contributed by atoms with Crippen LogP contribution >= 0.6 is 0 Å². The number of benzene rings is 1. The monoisotopic (exact) mass is 272 g/mol. The average Bonchev–Trinajstić information content (AvgIpc) is 2.91. The molecule has 0 radical (unpaired) electrons. The fraction of sp³-hybridized carbons (Fsp3) is 0.400. The first-order valence-corrected chi connectivity index (χ1v) is 6.64. The van der Waals surface area contributed by atoms with Crippen molar-refractivity contribution in [1.82, 2.24) is 20.1 Å². The lowest BCUT2D eigenvalue weighted by atomic mass is 9.94. The van der Waals surface area contributed by atoms with Gasteiger partial charge in [0.25, 0.3) is 0 Å². The Bertz CT molecular complexity index is 567. The number of nitrogens with zero attached hydrogens (tertiary/aromatic N) is 3. The largest absolute Gasteiger partial charge is 0.349 e. The summed E-state index contributed by atoms with van der Waals surface area (Å²) in [5, 5.41) is 7.09. The molecule has 0 unspecified atom stereocenters. The Morgan fingerprint density at radius 2 is 1.90 bits per heavy atom. The lowest BCUT2D eigenvalue weighted by Gasteiger charge is -2.22. The quantitative estimate of drug-likeness (QED) is 0.933. The molecule has 0 spiro atoms. The lowest BCUT2D eigenvalue weighted by molar-refractivity contribution is -0.129. The van der Waals surface area contributed by atoms with E-state index in [0.29, 0.717) is 0 Å². The molecule has 0 saturated carbocycles. The predicted octanol–water partition coefficient (Wildman–Crippen LogP) is 2.49. The molecule has 0 aliphatic rings. The minimum atomic E-state index is -0.380. The van der Waals surface area contributed by atoms with Gasteiger partial charge in [0, 0.05) is 5.41 Å². The van der Waals surface area contributed by atoms with Crippen LogP contribution in [0.1, 0.15) is 39.3 Å². The highest BCUT2D eigenvalue weighted by Gasteiger charge is 2.22. The maximum absolute atomic E-state index is 12.0. The highest BCUT2D eigenvalue weighted by Crippen LogP contribution is 2.19. The maximum atomic E-state index is 12.0. The van der Waals surface area contributed by atoms with Crippen molar-refractivity contribution < 1.29 is 4.79 Å². The van der Waals surface area contributed by atoms with Gasteiger partial charge in [0.05, 0.1) is 11.7 Å². The van der Waals surface area contributed by atoms with E-state index in [9.17, 15) is 4.79 Å². The van der Waals surface area contributed by atoms with Gasteiger partial charge in [0.2, 0.25) is 5.91 Å². The van der Waals surface area contributed by atoms with E-state index in [1.807, 2.05) is 52.0 Å². The summed E-state index contributed by atoms with van der Waals surface area (Å²) >= 11 is 0. The van der Waals surface area contributed by atoms with Gasteiger partial charge in [-0.2, -0.15) is 5.10 Å². The molecule has 0 fully saturated rings. The first-order chi connectivity index (χ1) is 9.38. The van der Waals surface area contributed by atoms with Crippen molar-refractivity contribution in [1.29, 1.82) is 0 Å². The highest BCUT2D eigenvalue weighted by atomic mass is 16.2. The molecule has 1 heterocycles. The minimum absolute atomic E-state index is 0.0217. The molecule has 106 valence electrons. The van der Waals surface area contributed by atoms with Gasteiger partial charge in [-0.05, 0) is 24.6 Å². The topological polar surface area (TPSA) is 59.8 Å². The van der Waals surface area contributed by atoms with Crippen LogP contribution in [0.2, 0.25) is 0 Å². The van der Waals surface area contributed by atoms with Crippen molar-refractivity contribution in [2.24, 2.45) is 5.41 Å². The Labute approximate surface area is 119 Å². The molecule has 0 bridgehead atoms. The molecule has 20 heavy (non-hydrogen) atoms. The SMILES string of the molecule is C[C@@H](NC(=O)C(C)(C)C)c1ccc(-n2cncn2)cc1. The molecule has 1 N–H and O–H groups in total. The van der Waals surface area contributed by atoms with E-state index < -0.39 is 0 Å². The first-order valence-electron chi connectivity index (χ1n) is 6.64. The Kier molecular flexibility index (Phi) is 3.88. The number of aromatic nitrogens is 3. The zero-order chi connectivity index (χ0) is 14.8. The van der Waals surface area contributed by atoms with Gasteiger partial charge in [0.1, 0.15) is 12.7 Å². The Morgan fingerprint density at radius 3 is 2.40 bits per heavy atom. The van der Waals surface area contributed by atoms with Crippen LogP contribution in [0.5, 0.6) is 0 Å². The third kappa shape index (κ3) is 3.23. The molecular formula is C15H20N4O. The molecule has 0 aliphatic carbocycles. The van der Waals surface area contributed by atoms with Crippen LogP contribution in [0.15, 0.2) is 36.9 Å². The summed E-state index contributed by atoms with van der Waals surface area (Å²) in [4.78, 5) is 15.9. The summed E-state index contributed by atoms with van der Waals surface area (Å²) in [6.45, 7) is 7.70. The molecule has 1 amide bonds. The second-order valence-electron chi connectivity index (χ2n) is 5.88. The van der Waals surface area contributed by atoms with E-state index in [0.717, 1.165) is 11.3 Å². The standard InChI is InChI=1S/C15H20N4O/c1-11(18-14(20)15(2,3)4)12-5-7-13(8-6-12)19-10-16-9-17-19/h5-11H,1-4H3,(H,18,20)/t11-/m1/s1. The molecule has 2 rings (SSSR count). The fourth-order valence-electron chi connectivity index (χ4n) is 1.75. The number of rotatable bonds is 3. The van der Waals surface area contributed by atoms with Crippen molar-refractivity contribution in [3.63, 3.8) is 0 Å². The van der Waals surface area contributed by atoms with E-state index in [1.165, 1.54) is 6.33 Å². The third-order valence-electron chi connectivity index (χ3n) is 3.11. The molecule has 1 aromatic carbocycles. The molecule has 2 aromatic rings. The molecular weight excluding hydrogens is 252 g/mol. The molecule has 0 saturated heterocycles. The van der Waals surface area contributed by atoms with Crippen molar-refractivity contribution in [2.75, 3.05) is 0 Å². The van der Waals surface area contributed by atoms with E-state index in [2.05, 4.69) is 15.4 Å². The van der Waals surface area contributed by atoms with Crippen LogP contribution in [0.4, 0.5) is 0 Å². The molecule has 1 atom stereocenters. The number of hydrogen-bond donors (Lipinski definition) is 1. The van der Waals surface area contributed by atoms with Crippen molar-refractivity contribution in [3.8, 4) is 5.69 Å². The van der Waals surface area contributed by atoms with Crippen LogP contribution in [-0.4, -0.2) is 20.7 Å². The third-order valence-corrected chi connectivity index (χ3v) is 3.11. The van der Waals surface area contributed by atoms with Gasteiger partial charge in [-0.15, -0.1) is 0 Å². The van der Waals surface area contributed by atoms with Crippen LogP contribution in [0.25, 0.3) is 5.69 Å². The van der Waals surface area contributed by atoms with Gasteiger partial charge in [-0.1, -0.05) is 32.9 Å². The van der Waals surface area contributed by atoms with E-state index in [1.54, 1.807) is 11.0 Å². The zero-order valence-corrected chi connectivity index (χ0v) is 12.3. The van der Waals surface area contributed by atoms with Gasteiger partial charge in [0.15, 0.2) is 0 Å². The Balaban J connectivity index is 2.08. The molecule has 5 nitrogen and oxygen atoms in total. The van der Waals surface area contributed by atoms with Gasteiger partial charge in [-0.25, -0.2) is 9.67 Å². The van der Waals surface area contributed by atoms with Crippen molar-refractivity contribution >= 4 is 5.91 Å². The van der Waals surface area contributed by atoms with Crippen LogP contribution in [0.3, 0.4) is 0 Å². The van der Waals surface area contributed by atoms with Gasteiger partial charge < -0.3 is 5.32 Å². The predicted molar refractivity (Wildman–Crippen MR) is 77.4 cm³/mol. The molecule has 0 aliphatic heterocycles. The summed E-state index contributed by atoms with van der Waals surface area (Å²) in [5.41, 5.74) is 1.63. The average molecular weight is 272 g/mol. The van der Waals surface area contributed by atoms with Crippen LogP contribution < -0.4 is 5.32 Å². The summed E-state index contributed by atoms with van der Waals surface area (Å²) in [5.74, 6) is 0.0466. The lowest BCUT2D eigenvalue weighted by Crippen LogP contribution is -2.36. The number of amides is 1. The summed E-state index contributed by atoms with van der Waals surface area (Å²) in [7, 11) is 0. The van der Waals surface area contributed by atoms with Crippen molar-refractivity contribution in [2.45, 2.75) is 33.7 Å². The number of carbonyl (C=O) groups is 1. The second-order valence-corrected chi connectivity index (χ2v) is 5.88. The van der Waals surface area contributed by atoms with Gasteiger partial charge >= 0.3 is 0 Å². The maximum Gasteiger partial charge on any atom is 0.225 e. The number of carbonyl (C=O) groups excluding carboxylic acids is 1. The zero-order valence-electron chi connectivity index (χ0n) is 12.3. The number of nitrogens with one attached hydrogen (secondary N) is 1. The number of hydrogen-bond acceptors (Lipinski definition) is 3.